The van der Waals surface area contributed by atoms with E-state index in [9.17, 15) is 0 Å². The molecule has 2 heterocycles. The summed E-state index contributed by atoms with van der Waals surface area (Å²) in [5.41, 5.74) is 3.34. The van der Waals surface area contributed by atoms with Gasteiger partial charge in [-0.3, -0.25) is 9.89 Å². The Morgan fingerprint density at radius 2 is 1.90 bits per heavy atom. The van der Waals surface area contributed by atoms with Crippen molar-refractivity contribution in [2.45, 2.75) is 45.6 Å². The van der Waals surface area contributed by atoms with Gasteiger partial charge in [0.05, 0.1) is 18.8 Å². The Bertz CT molecular complexity index is 822. The molecule has 0 amide bonds. The predicted molar refractivity (Wildman–Crippen MR) is 120 cm³/mol. The number of nitrogens with one attached hydrogen (secondary N) is 2. The van der Waals surface area contributed by atoms with Gasteiger partial charge < -0.3 is 19.9 Å². The van der Waals surface area contributed by atoms with Crippen molar-refractivity contribution in [3.8, 4) is 5.75 Å². The number of guanidine groups is 1. The Kier molecular flexibility index (Phi) is 7.74. The molecule has 1 aromatic heterocycles. The van der Waals surface area contributed by atoms with Crippen LogP contribution in [0.25, 0.3) is 0 Å². The largest absolute Gasteiger partial charge is 0.496 e. The fourth-order valence-electron chi connectivity index (χ4n) is 4.39. The number of nitrogens with zero attached hydrogens (tertiary/aromatic N) is 3. The third-order valence-corrected chi connectivity index (χ3v) is 5.92. The number of benzene rings is 1. The summed E-state index contributed by atoms with van der Waals surface area (Å²) < 4.78 is 11.0. The van der Waals surface area contributed by atoms with Crippen LogP contribution in [-0.2, 0) is 0 Å². The summed E-state index contributed by atoms with van der Waals surface area (Å²) >= 11 is 0. The molecule has 0 bridgehead atoms. The topological polar surface area (TPSA) is 74.9 Å². The van der Waals surface area contributed by atoms with Crippen LogP contribution in [0.2, 0.25) is 0 Å². The molecule has 2 unspecified atom stereocenters. The molecule has 2 atom stereocenters. The number of methoxy groups -OCH3 is 1. The maximum Gasteiger partial charge on any atom is 0.191 e. The van der Waals surface area contributed by atoms with Gasteiger partial charge in [-0.2, -0.15) is 0 Å². The van der Waals surface area contributed by atoms with E-state index < -0.39 is 0 Å². The van der Waals surface area contributed by atoms with Crippen LogP contribution < -0.4 is 15.4 Å². The van der Waals surface area contributed by atoms with Crippen LogP contribution in [-0.4, -0.2) is 56.4 Å². The first kappa shape index (κ1) is 22.2. The molecule has 1 aliphatic rings. The van der Waals surface area contributed by atoms with Crippen molar-refractivity contribution in [3.05, 3.63) is 46.8 Å². The second-order valence-electron chi connectivity index (χ2n) is 7.97. The fourth-order valence-corrected chi connectivity index (χ4v) is 4.39. The second kappa shape index (κ2) is 10.5. The van der Waals surface area contributed by atoms with Crippen LogP contribution in [0.4, 0.5) is 0 Å². The van der Waals surface area contributed by atoms with E-state index >= 15 is 0 Å². The van der Waals surface area contributed by atoms with Crippen LogP contribution in [0, 0.1) is 13.8 Å². The van der Waals surface area contributed by atoms with Crippen molar-refractivity contribution in [3.63, 3.8) is 0 Å². The molecular weight excluding hydrogens is 378 g/mol. The van der Waals surface area contributed by atoms with E-state index in [0.29, 0.717) is 0 Å². The number of aromatic nitrogens is 1. The van der Waals surface area contributed by atoms with Gasteiger partial charge >= 0.3 is 0 Å². The standard InChI is InChI=1S/C23H35N5O2/c1-16(22-17(2)27-30-18(22)3)14-25-23(24-4)26-15-20(28-12-8-9-13-28)19-10-6-7-11-21(19)29-5/h6-7,10-11,16,20H,8-9,12-15H2,1-5H3,(H2,24,25,26). The molecule has 1 fully saturated rings. The zero-order valence-electron chi connectivity index (χ0n) is 18.9. The number of aliphatic imine (C=N–C) groups is 1. The molecule has 0 saturated carbocycles. The maximum atomic E-state index is 5.65. The van der Waals surface area contributed by atoms with Gasteiger partial charge in [-0.05, 0) is 45.8 Å². The van der Waals surface area contributed by atoms with Crippen LogP contribution in [0.5, 0.6) is 5.75 Å². The summed E-state index contributed by atoms with van der Waals surface area (Å²) in [6, 6.07) is 8.55. The number of ether oxygens (including phenoxy) is 1. The molecule has 7 heteroatoms. The van der Waals surface area contributed by atoms with Gasteiger partial charge in [-0.25, -0.2) is 0 Å². The number of hydrogen-bond donors (Lipinski definition) is 2. The lowest BCUT2D eigenvalue weighted by atomic mass is 10.00. The normalized spacial score (nSPS) is 17.0. The minimum Gasteiger partial charge on any atom is -0.496 e. The lowest BCUT2D eigenvalue weighted by Gasteiger charge is -2.30. The summed E-state index contributed by atoms with van der Waals surface area (Å²) in [6.45, 7) is 9.87. The van der Waals surface area contributed by atoms with E-state index in [-0.39, 0.29) is 12.0 Å². The van der Waals surface area contributed by atoms with Crippen molar-refractivity contribution in [2.75, 3.05) is 40.3 Å². The smallest absolute Gasteiger partial charge is 0.191 e. The Morgan fingerprint density at radius 3 is 2.53 bits per heavy atom. The van der Waals surface area contributed by atoms with E-state index in [0.717, 1.165) is 49.3 Å². The van der Waals surface area contributed by atoms with E-state index in [2.05, 4.69) is 44.7 Å². The number of aryl methyl sites for hydroxylation is 2. The zero-order valence-corrected chi connectivity index (χ0v) is 18.9. The van der Waals surface area contributed by atoms with Gasteiger partial charge in [0.2, 0.25) is 0 Å². The van der Waals surface area contributed by atoms with E-state index in [1.54, 1.807) is 7.11 Å². The van der Waals surface area contributed by atoms with E-state index in [1.165, 1.54) is 24.0 Å². The molecule has 0 radical (unpaired) electrons. The van der Waals surface area contributed by atoms with Gasteiger partial charge in [0.25, 0.3) is 0 Å². The van der Waals surface area contributed by atoms with Gasteiger partial charge in [-0.1, -0.05) is 30.3 Å². The molecule has 3 rings (SSSR count). The molecular formula is C23H35N5O2. The molecule has 0 aliphatic carbocycles. The van der Waals surface area contributed by atoms with Crippen LogP contribution >= 0.6 is 0 Å². The van der Waals surface area contributed by atoms with Crippen molar-refractivity contribution >= 4 is 5.96 Å². The number of rotatable bonds is 8. The molecule has 1 saturated heterocycles. The van der Waals surface area contributed by atoms with Gasteiger partial charge in [0.1, 0.15) is 11.5 Å². The summed E-state index contributed by atoms with van der Waals surface area (Å²) in [5, 5.41) is 11.1. The average Bonchev–Trinajstić information content (AvgIpc) is 3.40. The first-order valence-electron chi connectivity index (χ1n) is 10.8. The van der Waals surface area contributed by atoms with Crippen molar-refractivity contribution in [2.24, 2.45) is 4.99 Å². The summed E-state index contributed by atoms with van der Waals surface area (Å²) in [6.07, 6.45) is 2.49. The van der Waals surface area contributed by atoms with Gasteiger partial charge in [0, 0.05) is 37.2 Å². The third kappa shape index (κ3) is 5.14. The first-order valence-corrected chi connectivity index (χ1v) is 10.8. The quantitative estimate of drug-likeness (QED) is 0.510. The summed E-state index contributed by atoms with van der Waals surface area (Å²) in [4.78, 5) is 6.96. The Hall–Kier alpha value is -2.54. The zero-order chi connectivity index (χ0) is 21.5. The predicted octanol–water partition coefficient (Wildman–Crippen LogP) is 3.41. The maximum absolute atomic E-state index is 5.65. The molecule has 1 aromatic carbocycles. The SMILES string of the molecule is CN=C(NCC(C)c1c(C)noc1C)NCC(c1ccccc1OC)N1CCCC1. The lowest BCUT2D eigenvalue weighted by Crippen LogP contribution is -2.43. The minimum atomic E-state index is 0.238. The highest BCUT2D eigenvalue weighted by atomic mass is 16.5. The van der Waals surface area contributed by atoms with Crippen LogP contribution in [0.3, 0.4) is 0 Å². The highest BCUT2D eigenvalue weighted by Gasteiger charge is 2.26. The van der Waals surface area contributed by atoms with E-state index in [4.69, 9.17) is 9.26 Å². The van der Waals surface area contributed by atoms with Gasteiger partial charge in [0.15, 0.2) is 5.96 Å². The number of hydrogen-bond acceptors (Lipinski definition) is 5. The van der Waals surface area contributed by atoms with Crippen LogP contribution in [0.1, 0.15) is 54.3 Å². The van der Waals surface area contributed by atoms with Crippen LogP contribution in [0.15, 0.2) is 33.8 Å². The molecule has 2 N–H and O–H groups in total. The molecule has 164 valence electrons. The summed E-state index contributed by atoms with van der Waals surface area (Å²) in [7, 11) is 3.55. The Morgan fingerprint density at radius 1 is 1.20 bits per heavy atom. The molecule has 2 aromatic rings. The molecule has 0 spiro atoms. The first-order chi connectivity index (χ1) is 14.5. The fraction of sp³-hybridized carbons (Fsp3) is 0.565. The molecule has 1 aliphatic heterocycles. The van der Waals surface area contributed by atoms with Crippen molar-refractivity contribution < 1.29 is 9.26 Å². The lowest BCUT2D eigenvalue weighted by molar-refractivity contribution is 0.239. The second-order valence-corrected chi connectivity index (χ2v) is 7.97. The van der Waals surface area contributed by atoms with Gasteiger partial charge in [-0.15, -0.1) is 0 Å². The number of para-hydroxylation sites is 1. The van der Waals surface area contributed by atoms with Crippen molar-refractivity contribution in [1.82, 2.24) is 20.7 Å². The highest BCUT2D eigenvalue weighted by molar-refractivity contribution is 5.79. The molecule has 30 heavy (non-hydrogen) atoms. The summed E-state index contributed by atoms with van der Waals surface area (Å²) in [5.74, 6) is 2.90. The monoisotopic (exact) mass is 413 g/mol. The Balaban J connectivity index is 1.65. The minimum absolute atomic E-state index is 0.238. The van der Waals surface area contributed by atoms with E-state index in [1.807, 2.05) is 33.0 Å². The molecule has 7 nitrogen and oxygen atoms in total. The Labute approximate surface area is 179 Å². The number of likely N-dealkylation sites (tertiary alicyclic amines) is 1. The average molecular weight is 414 g/mol. The van der Waals surface area contributed by atoms with Crippen molar-refractivity contribution in [1.29, 1.82) is 0 Å². The third-order valence-electron chi connectivity index (χ3n) is 5.92. The highest BCUT2D eigenvalue weighted by Crippen LogP contribution is 2.31.